The van der Waals surface area contributed by atoms with Crippen molar-refractivity contribution in [1.29, 1.82) is 0 Å². The van der Waals surface area contributed by atoms with Gasteiger partial charge < -0.3 is 19.9 Å². The molecule has 1 heterocycles. The summed E-state index contributed by atoms with van der Waals surface area (Å²) in [7, 11) is 1.47. The SMILES string of the molecule is COc1ccc(Cl)cc1C(=O)NC(=S)Nc1ccc(N2CCN(C(=O)C(C)C)CC2)c(Cl)c1. The molecule has 2 aromatic rings. The smallest absolute Gasteiger partial charge is 0.261 e. The molecule has 2 aromatic carbocycles. The molecule has 0 bridgehead atoms. The van der Waals surface area contributed by atoms with E-state index in [2.05, 4.69) is 15.5 Å². The number of halogens is 2. The van der Waals surface area contributed by atoms with E-state index in [0.717, 1.165) is 5.69 Å². The van der Waals surface area contributed by atoms with Gasteiger partial charge in [-0.25, -0.2) is 0 Å². The number of hydrogen-bond acceptors (Lipinski definition) is 5. The lowest BCUT2D eigenvalue weighted by molar-refractivity contribution is -0.134. The quantitative estimate of drug-likeness (QED) is 0.581. The van der Waals surface area contributed by atoms with Gasteiger partial charge in [-0.2, -0.15) is 0 Å². The van der Waals surface area contributed by atoms with E-state index in [1.165, 1.54) is 13.2 Å². The Morgan fingerprint density at radius 3 is 2.36 bits per heavy atom. The monoisotopic (exact) mass is 508 g/mol. The highest BCUT2D eigenvalue weighted by molar-refractivity contribution is 7.80. The number of carbonyl (C=O) groups excluding carboxylic acids is 2. The number of nitrogens with zero attached hydrogens (tertiary/aromatic N) is 2. The predicted molar refractivity (Wildman–Crippen MR) is 137 cm³/mol. The third-order valence-electron chi connectivity index (χ3n) is 5.26. The zero-order valence-corrected chi connectivity index (χ0v) is 21.0. The third kappa shape index (κ3) is 6.28. The number of hydrogen-bond donors (Lipinski definition) is 2. The van der Waals surface area contributed by atoms with Gasteiger partial charge in [-0.1, -0.05) is 37.0 Å². The van der Waals surface area contributed by atoms with Crippen LogP contribution >= 0.6 is 35.4 Å². The second kappa shape index (κ2) is 11.0. The molecule has 0 unspecified atom stereocenters. The number of nitrogens with one attached hydrogen (secondary N) is 2. The number of rotatable bonds is 5. The number of methoxy groups -OCH3 is 1. The molecule has 0 radical (unpaired) electrons. The van der Waals surface area contributed by atoms with Crippen LogP contribution in [0.2, 0.25) is 10.0 Å². The first-order valence-electron chi connectivity index (χ1n) is 10.5. The average molecular weight is 509 g/mol. The zero-order valence-electron chi connectivity index (χ0n) is 18.7. The first-order valence-corrected chi connectivity index (χ1v) is 11.6. The molecular weight excluding hydrogens is 483 g/mol. The third-order valence-corrected chi connectivity index (χ3v) is 6.01. The maximum absolute atomic E-state index is 12.6. The van der Waals surface area contributed by atoms with Crippen molar-refractivity contribution in [2.45, 2.75) is 13.8 Å². The van der Waals surface area contributed by atoms with Crippen LogP contribution in [-0.2, 0) is 4.79 Å². The van der Waals surface area contributed by atoms with Crippen molar-refractivity contribution in [3.05, 3.63) is 52.0 Å². The lowest BCUT2D eigenvalue weighted by atomic mass is 10.1. The van der Waals surface area contributed by atoms with Crippen LogP contribution in [0.25, 0.3) is 0 Å². The molecule has 176 valence electrons. The lowest BCUT2D eigenvalue weighted by Gasteiger charge is -2.37. The van der Waals surface area contributed by atoms with E-state index in [-0.39, 0.29) is 22.5 Å². The zero-order chi connectivity index (χ0) is 24.1. The molecule has 3 rings (SSSR count). The van der Waals surface area contributed by atoms with Gasteiger partial charge in [0.25, 0.3) is 5.91 Å². The minimum Gasteiger partial charge on any atom is -0.496 e. The molecule has 1 aliphatic heterocycles. The van der Waals surface area contributed by atoms with Gasteiger partial charge in [-0.3, -0.25) is 14.9 Å². The van der Waals surface area contributed by atoms with Crippen molar-refractivity contribution < 1.29 is 14.3 Å². The molecule has 1 saturated heterocycles. The van der Waals surface area contributed by atoms with Crippen LogP contribution < -0.4 is 20.3 Å². The first-order chi connectivity index (χ1) is 15.7. The van der Waals surface area contributed by atoms with E-state index >= 15 is 0 Å². The Hall–Kier alpha value is -2.55. The molecule has 0 aromatic heterocycles. The Labute approximate surface area is 209 Å². The fourth-order valence-corrected chi connectivity index (χ4v) is 4.25. The molecule has 10 heteroatoms. The molecule has 0 saturated carbocycles. The van der Waals surface area contributed by atoms with Crippen LogP contribution in [0, 0.1) is 5.92 Å². The highest BCUT2D eigenvalue weighted by Gasteiger charge is 2.24. The van der Waals surface area contributed by atoms with E-state index in [1.807, 2.05) is 30.9 Å². The number of benzene rings is 2. The Bertz CT molecular complexity index is 1060. The van der Waals surface area contributed by atoms with E-state index in [0.29, 0.717) is 47.7 Å². The van der Waals surface area contributed by atoms with Gasteiger partial charge in [0.15, 0.2) is 5.11 Å². The second-order valence-corrected chi connectivity index (χ2v) is 9.14. The minimum atomic E-state index is -0.441. The van der Waals surface area contributed by atoms with Gasteiger partial charge in [0, 0.05) is 42.8 Å². The fraction of sp³-hybridized carbons (Fsp3) is 0.348. The highest BCUT2D eigenvalue weighted by atomic mass is 35.5. The number of ether oxygens (including phenoxy) is 1. The minimum absolute atomic E-state index is 0.00482. The summed E-state index contributed by atoms with van der Waals surface area (Å²) in [4.78, 5) is 28.8. The van der Waals surface area contributed by atoms with Crippen LogP contribution in [0.5, 0.6) is 5.75 Å². The lowest BCUT2D eigenvalue weighted by Crippen LogP contribution is -2.50. The summed E-state index contributed by atoms with van der Waals surface area (Å²) in [5, 5.41) is 6.67. The Morgan fingerprint density at radius 1 is 1.06 bits per heavy atom. The summed E-state index contributed by atoms with van der Waals surface area (Å²) >= 11 is 17.8. The van der Waals surface area contributed by atoms with Crippen LogP contribution in [0.15, 0.2) is 36.4 Å². The van der Waals surface area contributed by atoms with Gasteiger partial charge >= 0.3 is 0 Å². The van der Waals surface area contributed by atoms with E-state index in [9.17, 15) is 9.59 Å². The summed E-state index contributed by atoms with van der Waals surface area (Å²) < 4.78 is 5.21. The molecule has 0 atom stereocenters. The first kappa shape index (κ1) is 25.1. The predicted octanol–water partition coefficient (Wildman–Crippen LogP) is 4.43. The number of anilines is 2. The van der Waals surface area contributed by atoms with Crippen molar-refractivity contribution in [3.63, 3.8) is 0 Å². The van der Waals surface area contributed by atoms with Gasteiger partial charge in [-0.05, 0) is 48.6 Å². The van der Waals surface area contributed by atoms with E-state index < -0.39 is 5.91 Å². The van der Waals surface area contributed by atoms with Crippen molar-refractivity contribution in [2.24, 2.45) is 5.92 Å². The Balaban J connectivity index is 1.60. The van der Waals surface area contributed by atoms with Gasteiger partial charge in [0.05, 0.1) is 23.4 Å². The summed E-state index contributed by atoms with van der Waals surface area (Å²) in [6.07, 6.45) is 0. The summed E-state index contributed by atoms with van der Waals surface area (Å²) in [6.45, 7) is 6.57. The topological polar surface area (TPSA) is 73.9 Å². The van der Waals surface area contributed by atoms with Gasteiger partial charge in [-0.15, -0.1) is 0 Å². The molecule has 2 amide bonds. The number of thiocarbonyl (C=S) groups is 1. The van der Waals surface area contributed by atoms with Crippen LogP contribution in [-0.4, -0.2) is 55.1 Å². The number of piperazine rings is 1. The summed E-state index contributed by atoms with van der Waals surface area (Å²) in [5.41, 5.74) is 1.80. The van der Waals surface area contributed by atoms with E-state index in [4.69, 9.17) is 40.2 Å². The summed E-state index contributed by atoms with van der Waals surface area (Å²) in [6, 6.07) is 10.3. The van der Waals surface area contributed by atoms with Gasteiger partial charge in [0.2, 0.25) is 5.91 Å². The van der Waals surface area contributed by atoms with Crippen LogP contribution in [0.3, 0.4) is 0 Å². The average Bonchev–Trinajstić information content (AvgIpc) is 2.78. The van der Waals surface area contributed by atoms with Crippen molar-refractivity contribution >= 4 is 63.7 Å². The van der Waals surface area contributed by atoms with Crippen LogP contribution in [0.4, 0.5) is 11.4 Å². The van der Waals surface area contributed by atoms with Crippen molar-refractivity contribution in [1.82, 2.24) is 10.2 Å². The molecule has 1 fully saturated rings. The fourth-order valence-electron chi connectivity index (χ4n) is 3.56. The normalized spacial score (nSPS) is 13.6. The Morgan fingerprint density at radius 2 is 1.76 bits per heavy atom. The summed E-state index contributed by atoms with van der Waals surface area (Å²) in [5.74, 6) is 0.117. The molecular formula is C23H26Cl2N4O3S. The molecule has 0 aliphatic carbocycles. The largest absolute Gasteiger partial charge is 0.496 e. The number of amides is 2. The number of carbonyl (C=O) groups is 2. The highest BCUT2D eigenvalue weighted by Crippen LogP contribution is 2.30. The maximum Gasteiger partial charge on any atom is 0.261 e. The molecule has 33 heavy (non-hydrogen) atoms. The van der Waals surface area contributed by atoms with Crippen molar-refractivity contribution in [2.75, 3.05) is 43.5 Å². The molecule has 1 aliphatic rings. The van der Waals surface area contributed by atoms with Gasteiger partial charge in [0.1, 0.15) is 5.75 Å². The maximum atomic E-state index is 12.6. The standard InChI is InChI=1S/C23H26Cl2N4O3S/c1-14(2)22(31)29-10-8-28(9-11-29)19-6-5-16(13-18(19)25)26-23(33)27-21(30)17-12-15(24)4-7-20(17)32-3/h4-7,12-14H,8-11H2,1-3H3,(H2,26,27,30,33). The second-order valence-electron chi connectivity index (χ2n) is 7.89. The Kier molecular flexibility index (Phi) is 8.40. The van der Waals surface area contributed by atoms with Crippen LogP contribution in [0.1, 0.15) is 24.2 Å². The van der Waals surface area contributed by atoms with Crippen molar-refractivity contribution in [3.8, 4) is 5.75 Å². The molecule has 0 spiro atoms. The van der Waals surface area contributed by atoms with E-state index in [1.54, 1.807) is 18.2 Å². The molecule has 7 nitrogen and oxygen atoms in total. The molecule has 2 N–H and O–H groups in total.